The molecule has 0 saturated heterocycles. The van der Waals surface area contributed by atoms with Crippen molar-refractivity contribution >= 4 is 29.1 Å². The molecule has 0 saturated carbocycles. The van der Waals surface area contributed by atoms with Crippen molar-refractivity contribution in [3.05, 3.63) is 46.2 Å². The highest BCUT2D eigenvalue weighted by atomic mass is 32.1. The monoisotopic (exact) mass is 305 g/mol. The van der Waals surface area contributed by atoms with Crippen LogP contribution in [-0.2, 0) is 4.74 Å². The van der Waals surface area contributed by atoms with E-state index in [1.807, 2.05) is 18.4 Å². The highest BCUT2D eigenvalue weighted by Gasteiger charge is 2.13. The summed E-state index contributed by atoms with van der Waals surface area (Å²) in [5.41, 5.74) is 1.38. The molecule has 0 bridgehead atoms. The van der Waals surface area contributed by atoms with Crippen molar-refractivity contribution in [3.8, 4) is 5.75 Å². The predicted molar refractivity (Wildman–Crippen MR) is 81.1 cm³/mol. The van der Waals surface area contributed by atoms with Gasteiger partial charge in [0, 0.05) is 11.8 Å². The molecule has 2 rings (SSSR count). The first-order valence-electron chi connectivity index (χ1n) is 6.40. The maximum atomic E-state index is 12.0. The standard InChI is InChI=1S/C15H15NO4S/c1-3-19-15(18)16-11-5-4-6-12(9-11)20-14(17)13-10(2)7-8-21-13/h4-9H,3H2,1-2H3,(H,16,18). The first kappa shape index (κ1) is 15.1. The molecule has 2 aromatic rings. The Morgan fingerprint density at radius 2 is 2.10 bits per heavy atom. The van der Waals surface area contributed by atoms with Crippen LogP contribution in [0.15, 0.2) is 35.7 Å². The summed E-state index contributed by atoms with van der Waals surface area (Å²) >= 11 is 1.33. The molecule has 0 atom stereocenters. The summed E-state index contributed by atoms with van der Waals surface area (Å²) in [5, 5.41) is 4.39. The van der Waals surface area contributed by atoms with E-state index in [0.717, 1.165) is 5.56 Å². The van der Waals surface area contributed by atoms with Crippen molar-refractivity contribution in [2.24, 2.45) is 0 Å². The number of benzene rings is 1. The molecule has 5 nitrogen and oxygen atoms in total. The average molecular weight is 305 g/mol. The van der Waals surface area contributed by atoms with Crippen LogP contribution in [0.1, 0.15) is 22.2 Å². The Morgan fingerprint density at radius 1 is 1.29 bits per heavy atom. The number of esters is 1. The summed E-state index contributed by atoms with van der Waals surface area (Å²) in [6.45, 7) is 3.87. The van der Waals surface area contributed by atoms with Gasteiger partial charge in [0.15, 0.2) is 0 Å². The molecule has 0 fully saturated rings. The van der Waals surface area contributed by atoms with Crippen LogP contribution in [0.3, 0.4) is 0 Å². The van der Waals surface area contributed by atoms with E-state index in [9.17, 15) is 9.59 Å². The van der Waals surface area contributed by atoms with Crippen LogP contribution in [0.4, 0.5) is 10.5 Å². The summed E-state index contributed by atoms with van der Waals surface area (Å²) in [5.74, 6) is -0.0436. The number of hydrogen-bond donors (Lipinski definition) is 1. The van der Waals surface area contributed by atoms with Crippen LogP contribution in [-0.4, -0.2) is 18.7 Å². The molecule has 6 heteroatoms. The second-order valence-corrected chi connectivity index (χ2v) is 5.11. The summed E-state index contributed by atoms with van der Waals surface area (Å²) in [6, 6.07) is 8.45. The maximum Gasteiger partial charge on any atom is 0.411 e. The summed E-state index contributed by atoms with van der Waals surface area (Å²) in [4.78, 5) is 23.9. The molecule has 1 aromatic heterocycles. The Morgan fingerprint density at radius 3 is 2.76 bits per heavy atom. The topological polar surface area (TPSA) is 64.6 Å². The number of rotatable bonds is 4. The lowest BCUT2D eigenvalue weighted by atomic mass is 10.3. The third kappa shape index (κ3) is 4.06. The van der Waals surface area contributed by atoms with Crippen molar-refractivity contribution in [2.75, 3.05) is 11.9 Å². The molecule has 0 unspecified atom stereocenters. The van der Waals surface area contributed by atoms with E-state index in [-0.39, 0.29) is 6.61 Å². The number of carbonyl (C=O) groups is 2. The molecule has 0 aliphatic rings. The van der Waals surface area contributed by atoms with Crippen molar-refractivity contribution in [3.63, 3.8) is 0 Å². The molecule has 0 radical (unpaired) electrons. The van der Waals surface area contributed by atoms with Gasteiger partial charge >= 0.3 is 12.1 Å². The van der Waals surface area contributed by atoms with Crippen LogP contribution in [0.25, 0.3) is 0 Å². The highest BCUT2D eigenvalue weighted by molar-refractivity contribution is 7.12. The lowest BCUT2D eigenvalue weighted by Gasteiger charge is -2.07. The van der Waals surface area contributed by atoms with E-state index in [0.29, 0.717) is 16.3 Å². The molecule has 1 amide bonds. The number of hydrogen-bond acceptors (Lipinski definition) is 5. The van der Waals surface area contributed by atoms with Gasteiger partial charge in [0.25, 0.3) is 0 Å². The third-order valence-electron chi connectivity index (χ3n) is 2.61. The van der Waals surface area contributed by atoms with Gasteiger partial charge in [-0.2, -0.15) is 0 Å². The van der Waals surface area contributed by atoms with Crippen molar-refractivity contribution in [1.29, 1.82) is 0 Å². The Labute approximate surface area is 126 Å². The lowest BCUT2D eigenvalue weighted by Crippen LogP contribution is -2.13. The molecule has 21 heavy (non-hydrogen) atoms. The van der Waals surface area contributed by atoms with Gasteiger partial charge in [0.2, 0.25) is 0 Å². The normalized spacial score (nSPS) is 10.0. The number of nitrogens with one attached hydrogen (secondary N) is 1. The number of thiophene rings is 1. The van der Waals surface area contributed by atoms with Gasteiger partial charge in [-0.25, -0.2) is 9.59 Å². The fraction of sp³-hybridized carbons (Fsp3) is 0.200. The van der Waals surface area contributed by atoms with E-state index >= 15 is 0 Å². The second-order valence-electron chi connectivity index (χ2n) is 4.20. The van der Waals surface area contributed by atoms with Gasteiger partial charge in [0.1, 0.15) is 10.6 Å². The van der Waals surface area contributed by atoms with Gasteiger partial charge in [-0.15, -0.1) is 11.3 Å². The van der Waals surface area contributed by atoms with Gasteiger partial charge < -0.3 is 9.47 Å². The fourth-order valence-corrected chi connectivity index (χ4v) is 2.46. The van der Waals surface area contributed by atoms with Crippen LogP contribution in [0.5, 0.6) is 5.75 Å². The summed E-state index contributed by atoms with van der Waals surface area (Å²) < 4.78 is 10.1. The fourth-order valence-electron chi connectivity index (χ4n) is 1.66. The first-order valence-corrected chi connectivity index (χ1v) is 7.28. The van der Waals surface area contributed by atoms with Gasteiger partial charge in [0.05, 0.1) is 6.61 Å². The number of aryl methyl sites for hydroxylation is 1. The lowest BCUT2D eigenvalue weighted by molar-refractivity contribution is 0.0739. The maximum absolute atomic E-state index is 12.0. The minimum Gasteiger partial charge on any atom is -0.450 e. The largest absolute Gasteiger partial charge is 0.450 e. The van der Waals surface area contributed by atoms with Crippen LogP contribution >= 0.6 is 11.3 Å². The summed E-state index contributed by atoms with van der Waals surface area (Å²) in [6.07, 6.45) is -0.546. The van der Waals surface area contributed by atoms with Gasteiger partial charge in [-0.05, 0) is 43.0 Å². The molecule has 1 heterocycles. The zero-order chi connectivity index (χ0) is 15.2. The zero-order valence-corrected chi connectivity index (χ0v) is 12.5. The number of anilines is 1. The highest BCUT2D eigenvalue weighted by Crippen LogP contribution is 2.21. The minimum absolute atomic E-state index is 0.290. The van der Waals surface area contributed by atoms with Gasteiger partial charge in [-0.3, -0.25) is 5.32 Å². The first-order chi connectivity index (χ1) is 10.1. The SMILES string of the molecule is CCOC(=O)Nc1cccc(OC(=O)c2sccc2C)c1. The average Bonchev–Trinajstić information content (AvgIpc) is 2.85. The Bertz CT molecular complexity index is 651. The molecule has 0 aliphatic heterocycles. The van der Waals surface area contributed by atoms with Crippen molar-refractivity contribution < 1.29 is 19.1 Å². The Balaban J connectivity index is 2.06. The van der Waals surface area contributed by atoms with E-state index in [1.54, 1.807) is 31.2 Å². The van der Waals surface area contributed by atoms with Crippen molar-refractivity contribution in [2.45, 2.75) is 13.8 Å². The van der Waals surface area contributed by atoms with Crippen LogP contribution in [0, 0.1) is 6.92 Å². The van der Waals surface area contributed by atoms with Crippen molar-refractivity contribution in [1.82, 2.24) is 0 Å². The number of amides is 1. The molecule has 0 spiro atoms. The molecule has 1 aromatic carbocycles. The van der Waals surface area contributed by atoms with E-state index in [2.05, 4.69) is 5.32 Å². The molecule has 1 N–H and O–H groups in total. The Hall–Kier alpha value is -2.34. The quantitative estimate of drug-likeness (QED) is 0.688. The molecule has 110 valence electrons. The smallest absolute Gasteiger partial charge is 0.411 e. The minimum atomic E-state index is -0.546. The van der Waals surface area contributed by atoms with Gasteiger partial charge in [-0.1, -0.05) is 6.07 Å². The zero-order valence-electron chi connectivity index (χ0n) is 11.7. The third-order valence-corrected chi connectivity index (χ3v) is 3.61. The van der Waals surface area contributed by atoms with E-state index in [4.69, 9.17) is 9.47 Å². The number of carbonyl (C=O) groups excluding carboxylic acids is 2. The number of ether oxygens (including phenoxy) is 2. The van der Waals surface area contributed by atoms with Crippen LogP contribution < -0.4 is 10.1 Å². The molecular formula is C15H15NO4S. The Kier molecular flexibility index (Phi) is 4.94. The van der Waals surface area contributed by atoms with E-state index < -0.39 is 12.1 Å². The summed E-state index contributed by atoms with van der Waals surface area (Å²) in [7, 11) is 0. The predicted octanol–water partition coefficient (Wildman–Crippen LogP) is 3.84. The second kappa shape index (κ2) is 6.90. The van der Waals surface area contributed by atoms with E-state index in [1.165, 1.54) is 11.3 Å². The molecule has 0 aliphatic carbocycles. The molecular weight excluding hydrogens is 290 g/mol. The van der Waals surface area contributed by atoms with Crippen LogP contribution in [0.2, 0.25) is 0 Å².